The van der Waals surface area contributed by atoms with Gasteiger partial charge in [0.1, 0.15) is 0 Å². The first kappa shape index (κ1) is 19.0. The van der Waals surface area contributed by atoms with Gasteiger partial charge in [0.25, 0.3) is 0 Å². The number of rotatable bonds is 8. The van der Waals surface area contributed by atoms with Gasteiger partial charge >= 0.3 is 5.97 Å². The maximum absolute atomic E-state index is 12.5. The first-order chi connectivity index (χ1) is 13.0. The smallest absolute Gasteiger partial charge is 0.338 e. The van der Waals surface area contributed by atoms with Crippen molar-refractivity contribution < 1.29 is 28.5 Å². The average molecular weight is 373 g/mol. The summed E-state index contributed by atoms with van der Waals surface area (Å²) in [6.07, 6.45) is 0.861. The average Bonchev–Trinajstić information content (AvgIpc) is 3.24. The van der Waals surface area contributed by atoms with Crippen molar-refractivity contribution in [3.05, 3.63) is 46.8 Å². The number of carbonyl (C=O) groups is 2. The summed E-state index contributed by atoms with van der Waals surface area (Å²) in [4.78, 5) is 24.7. The van der Waals surface area contributed by atoms with Gasteiger partial charge in [-0.05, 0) is 44.5 Å². The van der Waals surface area contributed by atoms with Crippen LogP contribution in [-0.4, -0.2) is 43.4 Å². The molecular weight excluding hydrogens is 350 g/mol. The second-order valence-corrected chi connectivity index (χ2v) is 6.35. The minimum absolute atomic E-state index is 0.131. The Morgan fingerprint density at radius 2 is 1.93 bits per heavy atom. The Morgan fingerprint density at radius 3 is 2.70 bits per heavy atom. The normalized spacial score (nSPS) is 12.3. The number of methoxy groups -OCH3 is 1. The topological polar surface area (TPSA) is 76.0 Å². The molecule has 1 aromatic heterocycles. The maximum Gasteiger partial charge on any atom is 0.338 e. The van der Waals surface area contributed by atoms with Crippen molar-refractivity contribution in [2.75, 3.05) is 27.1 Å². The molecule has 0 aliphatic carbocycles. The van der Waals surface area contributed by atoms with Gasteiger partial charge in [-0.2, -0.15) is 0 Å². The highest BCUT2D eigenvalue weighted by atomic mass is 16.7. The van der Waals surface area contributed by atoms with Crippen molar-refractivity contribution in [2.45, 2.75) is 26.8 Å². The number of hydrogen-bond acceptors (Lipinski definition) is 6. The number of carbonyl (C=O) groups excluding carboxylic acids is 2. The number of ether oxygens (including phenoxy) is 4. The van der Waals surface area contributed by atoms with Crippen molar-refractivity contribution in [1.29, 1.82) is 0 Å². The van der Waals surface area contributed by atoms with Crippen LogP contribution < -0.4 is 9.47 Å². The van der Waals surface area contributed by atoms with E-state index in [4.69, 9.17) is 18.9 Å². The SMILES string of the molecule is COCCCn1c(C)cc(C(=O)COC(=O)c2ccc3c(c2)OCO3)c1C. The van der Waals surface area contributed by atoms with E-state index < -0.39 is 5.97 Å². The van der Waals surface area contributed by atoms with E-state index in [0.29, 0.717) is 29.2 Å². The van der Waals surface area contributed by atoms with Gasteiger partial charge in [0, 0.05) is 37.2 Å². The number of hydrogen-bond donors (Lipinski definition) is 0. The number of Topliss-reactive ketones (excluding diaryl/α,β-unsaturated/α-hetero) is 1. The molecule has 27 heavy (non-hydrogen) atoms. The number of aryl methyl sites for hydroxylation is 1. The summed E-state index contributed by atoms with van der Waals surface area (Å²) >= 11 is 0. The molecule has 0 amide bonds. The fraction of sp³-hybridized carbons (Fsp3) is 0.400. The number of ketones is 1. The zero-order valence-electron chi connectivity index (χ0n) is 15.7. The molecule has 0 bridgehead atoms. The van der Waals surface area contributed by atoms with Crippen molar-refractivity contribution in [1.82, 2.24) is 4.57 Å². The molecule has 144 valence electrons. The van der Waals surface area contributed by atoms with Crippen LogP contribution in [0.1, 0.15) is 38.5 Å². The van der Waals surface area contributed by atoms with Crippen LogP contribution in [0.15, 0.2) is 24.3 Å². The van der Waals surface area contributed by atoms with Crippen LogP contribution in [-0.2, 0) is 16.0 Å². The maximum atomic E-state index is 12.5. The monoisotopic (exact) mass is 373 g/mol. The van der Waals surface area contributed by atoms with Gasteiger partial charge in [-0.15, -0.1) is 0 Å². The van der Waals surface area contributed by atoms with Crippen LogP contribution in [0.4, 0.5) is 0 Å². The zero-order chi connectivity index (χ0) is 19.4. The molecule has 0 unspecified atom stereocenters. The number of nitrogens with zero attached hydrogens (tertiary/aromatic N) is 1. The Hall–Kier alpha value is -2.80. The zero-order valence-corrected chi connectivity index (χ0v) is 15.7. The fourth-order valence-electron chi connectivity index (χ4n) is 3.11. The summed E-state index contributed by atoms with van der Waals surface area (Å²) in [5, 5.41) is 0. The Balaban J connectivity index is 1.62. The third-order valence-corrected chi connectivity index (χ3v) is 4.55. The predicted octanol–water partition coefficient (Wildman–Crippen LogP) is 2.91. The van der Waals surface area contributed by atoms with E-state index in [1.165, 1.54) is 0 Å². The van der Waals surface area contributed by atoms with Crippen LogP contribution in [0.5, 0.6) is 11.5 Å². The Bertz CT molecular complexity index is 854. The van der Waals surface area contributed by atoms with Gasteiger partial charge < -0.3 is 23.5 Å². The van der Waals surface area contributed by atoms with E-state index in [1.54, 1.807) is 25.3 Å². The third-order valence-electron chi connectivity index (χ3n) is 4.55. The summed E-state index contributed by atoms with van der Waals surface area (Å²) in [5.74, 6) is 0.282. The standard InChI is InChI=1S/C20H23NO6/c1-13-9-16(14(2)21(13)7-4-8-24-3)17(22)11-25-20(23)15-5-6-18-19(10-15)27-12-26-18/h5-6,9-10H,4,7-8,11-12H2,1-3H3. The van der Waals surface area contributed by atoms with Gasteiger partial charge in [-0.25, -0.2) is 4.79 Å². The molecule has 0 radical (unpaired) electrons. The van der Waals surface area contributed by atoms with E-state index in [0.717, 1.165) is 24.4 Å². The predicted molar refractivity (Wildman–Crippen MR) is 97.6 cm³/mol. The minimum atomic E-state index is -0.574. The summed E-state index contributed by atoms with van der Waals surface area (Å²) in [7, 11) is 1.67. The molecule has 3 rings (SSSR count). The van der Waals surface area contributed by atoms with Crippen molar-refractivity contribution in [2.24, 2.45) is 0 Å². The third kappa shape index (κ3) is 4.14. The molecule has 0 saturated heterocycles. The Labute approximate surface area is 157 Å². The lowest BCUT2D eigenvalue weighted by Gasteiger charge is -2.09. The Morgan fingerprint density at radius 1 is 1.15 bits per heavy atom. The van der Waals surface area contributed by atoms with Crippen molar-refractivity contribution in [3.8, 4) is 11.5 Å². The second-order valence-electron chi connectivity index (χ2n) is 6.35. The summed E-state index contributed by atoms with van der Waals surface area (Å²) in [5.41, 5.74) is 2.75. The molecule has 0 fully saturated rings. The molecule has 7 heteroatoms. The van der Waals surface area contributed by atoms with Gasteiger partial charge in [-0.3, -0.25) is 4.79 Å². The van der Waals surface area contributed by atoms with Gasteiger partial charge in [0.2, 0.25) is 12.6 Å². The molecular formula is C20H23NO6. The second kappa shape index (κ2) is 8.26. The number of fused-ring (bicyclic) bond motifs is 1. The molecule has 0 spiro atoms. The van der Waals surface area contributed by atoms with E-state index in [-0.39, 0.29) is 19.2 Å². The summed E-state index contributed by atoms with van der Waals surface area (Å²) in [6.45, 7) is 5.10. The van der Waals surface area contributed by atoms with Gasteiger partial charge in [0.05, 0.1) is 5.56 Å². The first-order valence-electron chi connectivity index (χ1n) is 8.77. The van der Waals surface area contributed by atoms with Crippen molar-refractivity contribution in [3.63, 3.8) is 0 Å². The number of esters is 1. The highest BCUT2D eigenvalue weighted by Crippen LogP contribution is 2.32. The fourth-order valence-corrected chi connectivity index (χ4v) is 3.11. The first-order valence-corrected chi connectivity index (χ1v) is 8.77. The quantitative estimate of drug-likeness (QED) is 0.402. The number of benzene rings is 1. The summed E-state index contributed by atoms with van der Waals surface area (Å²) in [6, 6.07) is 6.62. The van der Waals surface area contributed by atoms with E-state index in [2.05, 4.69) is 4.57 Å². The van der Waals surface area contributed by atoms with E-state index in [1.807, 2.05) is 19.9 Å². The molecule has 1 aromatic carbocycles. The van der Waals surface area contributed by atoms with Crippen LogP contribution in [0.25, 0.3) is 0 Å². The largest absolute Gasteiger partial charge is 0.454 e. The van der Waals surface area contributed by atoms with Gasteiger partial charge in [0.15, 0.2) is 18.1 Å². The summed E-state index contributed by atoms with van der Waals surface area (Å²) < 4.78 is 22.8. The lowest BCUT2D eigenvalue weighted by molar-refractivity contribution is 0.0474. The molecule has 1 aliphatic heterocycles. The molecule has 2 heterocycles. The molecule has 2 aromatic rings. The molecule has 7 nitrogen and oxygen atoms in total. The van der Waals surface area contributed by atoms with Crippen molar-refractivity contribution >= 4 is 11.8 Å². The lowest BCUT2D eigenvalue weighted by atomic mass is 10.1. The number of aromatic nitrogens is 1. The van der Waals surface area contributed by atoms with E-state index in [9.17, 15) is 9.59 Å². The highest BCUT2D eigenvalue weighted by molar-refractivity contribution is 6.00. The van der Waals surface area contributed by atoms with E-state index >= 15 is 0 Å². The Kier molecular flexibility index (Phi) is 5.81. The van der Waals surface area contributed by atoms with Gasteiger partial charge in [-0.1, -0.05) is 0 Å². The molecule has 0 saturated carbocycles. The van der Waals surface area contributed by atoms with Crippen LogP contribution in [0.3, 0.4) is 0 Å². The molecule has 1 aliphatic rings. The molecule has 0 atom stereocenters. The van der Waals surface area contributed by atoms with Crippen LogP contribution in [0, 0.1) is 13.8 Å². The van der Waals surface area contributed by atoms with Crippen LogP contribution in [0.2, 0.25) is 0 Å². The molecule has 0 N–H and O–H groups in total. The lowest BCUT2D eigenvalue weighted by Crippen LogP contribution is -2.15. The minimum Gasteiger partial charge on any atom is -0.454 e. The highest BCUT2D eigenvalue weighted by Gasteiger charge is 2.20. The van der Waals surface area contributed by atoms with Crippen LogP contribution >= 0.6 is 0 Å².